The number of methoxy groups -OCH3 is 1. The van der Waals surface area contributed by atoms with Gasteiger partial charge in [0.1, 0.15) is 11.5 Å². The highest BCUT2D eigenvalue weighted by Gasteiger charge is 2.05. The molecular formula is C14H22O3. The van der Waals surface area contributed by atoms with Crippen LogP contribution in [0.15, 0.2) is 18.2 Å². The molecule has 3 nitrogen and oxygen atoms in total. The fraction of sp³-hybridized carbons (Fsp3) is 0.571. The monoisotopic (exact) mass is 238 g/mol. The zero-order chi connectivity index (χ0) is 12.7. The molecule has 96 valence electrons. The molecule has 1 aromatic carbocycles. The van der Waals surface area contributed by atoms with Gasteiger partial charge in [-0.15, -0.1) is 0 Å². The van der Waals surface area contributed by atoms with Gasteiger partial charge in [-0.25, -0.2) is 0 Å². The van der Waals surface area contributed by atoms with E-state index in [1.54, 1.807) is 13.2 Å². The predicted molar refractivity (Wildman–Crippen MR) is 68.5 cm³/mol. The van der Waals surface area contributed by atoms with Crippen LogP contribution in [0.2, 0.25) is 0 Å². The van der Waals surface area contributed by atoms with E-state index in [1.807, 2.05) is 12.1 Å². The van der Waals surface area contributed by atoms with Crippen LogP contribution in [0.25, 0.3) is 0 Å². The normalized spacial score (nSPS) is 10.6. The third-order valence-corrected chi connectivity index (χ3v) is 2.62. The Hall–Kier alpha value is -1.22. The van der Waals surface area contributed by atoms with Crippen molar-refractivity contribution in [2.45, 2.75) is 33.3 Å². The fourth-order valence-electron chi connectivity index (χ4n) is 1.62. The van der Waals surface area contributed by atoms with E-state index in [4.69, 9.17) is 9.47 Å². The maximum absolute atomic E-state index is 9.25. The van der Waals surface area contributed by atoms with Crippen molar-refractivity contribution in [2.24, 2.45) is 5.92 Å². The minimum atomic E-state index is -0.0310. The summed E-state index contributed by atoms with van der Waals surface area (Å²) in [6, 6.07) is 5.49. The average molecular weight is 238 g/mol. The van der Waals surface area contributed by atoms with Gasteiger partial charge < -0.3 is 14.6 Å². The highest BCUT2D eigenvalue weighted by molar-refractivity contribution is 5.39. The molecule has 0 saturated heterocycles. The summed E-state index contributed by atoms with van der Waals surface area (Å²) < 4.78 is 10.8. The van der Waals surface area contributed by atoms with Crippen LogP contribution in [0.1, 0.15) is 32.3 Å². The Bertz CT molecular complexity index is 334. The van der Waals surface area contributed by atoms with Gasteiger partial charge in [-0.3, -0.25) is 0 Å². The van der Waals surface area contributed by atoms with Gasteiger partial charge in [-0.1, -0.05) is 13.8 Å². The predicted octanol–water partition coefficient (Wildman–Crippen LogP) is 3.00. The molecule has 0 radical (unpaired) electrons. The summed E-state index contributed by atoms with van der Waals surface area (Å²) in [5.74, 6) is 2.19. The first kappa shape index (κ1) is 13.8. The summed E-state index contributed by atoms with van der Waals surface area (Å²) >= 11 is 0. The minimum Gasteiger partial charge on any atom is -0.497 e. The molecule has 0 aromatic heterocycles. The van der Waals surface area contributed by atoms with Gasteiger partial charge in [0.05, 0.1) is 20.3 Å². The first-order valence-electron chi connectivity index (χ1n) is 6.08. The smallest absolute Gasteiger partial charge is 0.125 e. The fourth-order valence-corrected chi connectivity index (χ4v) is 1.62. The van der Waals surface area contributed by atoms with Crippen LogP contribution in [-0.4, -0.2) is 18.8 Å². The highest BCUT2D eigenvalue weighted by Crippen LogP contribution is 2.24. The second-order valence-electron chi connectivity index (χ2n) is 4.52. The van der Waals surface area contributed by atoms with Crippen molar-refractivity contribution in [2.75, 3.05) is 13.7 Å². The Morgan fingerprint density at radius 3 is 2.65 bits per heavy atom. The first-order valence-corrected chi connectivity index (χ1v) is 6.08. The van der Waals surface area contributed by atoms with Gasteiger partial charge >= 0.3 is 0 Å². The Morgan fingerprint density at radius 2 is 2.06 bits per heavy atom. The maximum Gasteiger partial charge on any atom is 0.125 e. The van der Waals surface area contributed by atoms with E-state index in [0.717, 1.165) is 29.9 Å². The van der Waals surface area contributed by atoms with Gasteiger partial charge in [0, 0.05) is 5.56 Å². The molecule has 0 aliphatic rings. The minimum absolute atomic E-state index is 0.0310. The third-order valence-electron chi connectivity index (χ3n) is 2.62. The molecule has 0 spiro atoms. The molecule has 0 fully saturated rings. The standard InChI is InChI=1S/C14H22O3/c1-11(2)5-4-8-17-14-7-6-13(16-3)9-12(14)10-15/h6-7,9,11,15H,4-5,8,10H2,1-3H3. The maximum atomic E-state index is 9.25. The van der Waals surface area contributed by atoms with Crippen molar-refractivity contribution >= 4 is 0 Å². The van der Waals surface area contributed by atoms with E-state index >= 15 is 0 Å². The molecular weight excluding hydrogens is 216 g/mol. The zero-order valence-electron chi connectivity index (χ0n) is 10.9. The lowest BCUT2D eigenvalue weighted by Crippen LogP contribution is -2.02. The molecule has 1 aromatic rings. The molecule has 0 heterocycles. The van der Waals surface area contributed by atoms with Crippen LogP contribution in [-0.2, 0) is 6.61 Å². The molecule has 0 aliphatic carbocycles. The number of ether oxygens (including phenoxy) is 2. The Morgan fingerprint density at radius 1 is 1.29 bits per heavy atom. The lowest BCUT2D eigenvalue weighted by atomic mass is 10.1. The number of rotatable bonds is 7. The van der Waals surface area contributed by atoms with Crippen LogP contribution in [0.5, 0.6) is 11.5 Å². The molecule has 1 rings (SSSR count). The topological polar surface area (TPSA) is 38.7 Å². The van der Waals surface area contributed by atoms with E-state index in [1.165, 1.54) is 0 Å². The first-order chi connectivity index (χ1) is 8.17. The molecule has 1 N–H and O–H groups in total. The van der Waals surface area contributed by atoms with Crippen molar-refractivity contribution in [1.29, 1.82) is 0 Å². The number of aliphatic hydroxyl groups is 1. The Balaban J connectivity index is 2.52. The summed E-state index contributed by atoms with van der Waals surface area (Å²) in [5, 5.41) is 9.25. The summed E-state index contributed by atoms with van der Waals surface area (Å²) in [4.78, 5) is 0. The molecule has 0 amide bonds. The number of hydrogen-bond donors (Lipinski definition) is 1. The van der Waals surface area contributed by atoms with Crippen LogP contribution >= 0.6 is 0 Å². The number of benzene rings is 1. The average Bonchev–Trinajstić information content (AvgIpc) is 2.34. The van der Waals surface area contributed by atoms with Crippen molar-refractivity contribution in [1.82, 2.24) is 0 Å². The van der Waals surface area contributed by atoms with Crippen LogP contribution in [0, 0.1) is 5.92 Å². The van der Waals surface area contributed by atoms with Crippen LogP contribution in [0.4, 0.5) is 0 Å². The molecule has 0 atom stereocenters. The van der Waals surface area contributed by atoms with Gasteiger partial charge in [-0.05, 0) is 37.0 Å². The quantitative estimate of drug-likeness (QED) is 0.742. The summed E-state index contributed by atoms with van der Waals surface area (Å²) in [5.41, 5.74) is 0.772. The Kier molecular flexibility index (Phi) is 5.84. The van der Waals surface area contributed by atoms with Crippen molar-refractivity contribution in [3.05, 3.63) is 23.8 Å². The summed E-state index contributed by atoms with van der Waals surface area (Å²) in [7, 11) is 1.61. The van der Waals surface area contributed by atoms with Gasteiger partial charge in [-0.2, -0.15) is 0 Å². The summed E-state index contributed by atoms with van der Waals surface area (Å²) in [6.45, 7) is 5.06. The van der Waals surface area contributed by atoms with Crippen LogP contribution in [0.3, 0.4) is 0 Å². The van der Waals surface area contributed by atoms with Gasteiger partial charge in [0.2, 0.25) is 0 Å². The van der Waals surface area contributed by atoms with Crippen molar-refractivity contribution in [3.63, 3.8) is 0 Å². The highest BCUT2D eigenvalue weighted by atomic mass is 16.5. The van der Waals surface area contributed by atoms with E-state index in [-0.39, 0.29) is 6.61 Å². The van der Waals surface area contributed by atoms with Crippen molar-refractivity contribution < 1.29 is 14.6 Å². The van der Waals surface area contributed by atoms with Crippen molar-refractivity contribution in [3.8, 4) is 11.5 Å². The summed E-state index contributed by atoms with van der Waals surface area (Å²) in [6.07, 6.45) is 2.19. The second-order valence-corrected chi connectivity index (χ2v) is 4.52. The largest absolute Gasteiger partial charge is 0.497 e. The number of aliphatic hydroxyl groups excluding tert-OH is 1. The van der Waals surface area contributed by atoms with Crippen LogP contribution < -0.4 is 9.47 Å². The van der Waals surface area contributed by atoms with E-state index in [9.17, 15) is 5.11 Å². The zero-order valence-corrected chi connectivity index (χ0v) is 10.9. The molecule has 3 heteroatoms. The lowest BCUT2D eigenvalue weighted by molar-refractivity contribution is 0.257. The van der Waals surface area contributed by atoms with E-state index in [2.05, 4.69) is 13.8 Å². The van der Waals surface area contributed by atoms with E-state index in [0.29, 0.717) is 12.5 Å². The lowest BCUT2D eigenvalue weighted by Gasteiger charge is -2.12. The third kappa shape index (κ3) is 4.65. The second kappa shape index (κ2) is 7.17. The molecule has 0 saturated carbocycles. The van der Waals surface area contributed by atoms with Gasteiger partial charge in [0.15, 0.2) is 0 Å². The molecule has 0 unspecified atom stereocenters. The molecule has 17 heavy (non-hydrogen) atoms. The number of hydrogen-bond acceptors (Lipinski definition) is 3. The molecule has 0 aliphatic heterocycles. The van der Waals surface area contributed by atoms with Gasteiger partial charge in [0.25, 0.3) is 0 Å². The Labute approximate surface area is 103 Å². The SMILES string of the molecule is COc1ccc(OCCCC(C)C)c(CO)c1. The molecule has 0 bridgehead atoms. The van der Waals surface area contributed by atoms with E-state index < -0.39 is 0 Å².